The van der Waals surface area contributed by atoms with E-state index in [-0.39, 0.29) is 6.17 Å². The number of benzene rings is 3. The zero-order valence-electron chi connectivity index (χ0n) is 17.0. The van der Waals surface area contributed by atoms with Crippen LogP contribution in [0.4, 0.5) is 0 Å². The predicted octanol–water partition coefficient (Wildman–Crippen LogP) is 3.15. The first-order valence-corrected chi connectivity index (χ1v) is 11.7. The molecule has 31 heavy (non-hydrogen) atoms. The molecule has 2 atom stereocenters. The third-order valence-corrected chi connectivity index (χ3v) is 7.98. The van der Waals surface area contributed by atoms with Gasteiger partial charge in [-0.2, -0.15) is 0 Å². The highest BCUT2D eigenvalue weighted by molar-refractivity contribution is 7.19. The molecule has 2 unspecified atom stereocenters. The maximum Gasteiger partial charge on any atom is 0.251 e. The van der Waals surface area contributed by atoms with Crippen molar-refractivity contribution in [2.24, 2.45) is 0 Å². The normalized spacial score (nSPS) is 21.0. The van der Waals surface area contributed by atoms with Crippen molar-refractivity contribution in [3.8, 4) is 11.5 Å². The van der Waals surface area contributed by atoms with Gasteiger partial charge in [-0.05, 0) is 30.3 Å². The Bertz CT molecular complexity index is 1170. The van der Waals surface area contributed by atoms with E-state index < -0.39 is 0 Å². The zero-order valence-corrected chi connectivity index (χ0v) is 18.6. The van der Waals surface area contributed by atoms with Gasteiger partial charge in [-0.25, -0.2) is 0 Å². The summed E-state index contributed by atoms with van der Waals surface area (Å²) in [6, 6.07) is 23.4. The van der Waals surface area contributed by atoms with Crippen LogP contribution >= 0.6 is 22.9 Å². The van der Waals surface area contributed by atoms with Gasteiger partial charge in [-0.3, -0.25) is 9.80 Å². The second kappa shape index (κ2) is 8.52. The van der Waals surface area contributed by atoms with Gasteiger partial charge in [0.05, 0.1) is 5.02 Å². The molecule has 0 aliphatic carbocycles. The molecule has 4 nitrogen and oxygen atoms in total. The Hall–Kier alpha value is -2.57. The van der Waals surface area contributed by atoms with Crippen LogP contribution in [0.5, 0.6) is 11.5 Å². The molecular formula is C25H25ClN2O2S+2. The Kier molecular flexibility index (Phi) is 5.59. The first-order valence-electron chi connectivity index (χ1n) is 10.5. The van der Waals surface area contributed by atoms with Crippen LogP contribution in [-0.4, -0.2) is 23.3 Å². The summed E-state index contributed by atoms with van der Waals surface area (Å²) < 4.78 is 1.19. The highest BCUT2D eigenvalue weighted by Crippen LogP contribution is 2.37. The van der Waals surface area contributed by atoms with E-state index in [1.807, 2.05) is 48.5 Å². The number of quaternary nitrogens is 2. The lowest BCUT2D eigenvalue weighted by atomic mass is 10.1. The summed E-state index contributed by atoms with van der Waals surface area (Å²) in [5.41, 5.74) is 1.90. The van der Waals surface area contributed by atoms with E-state index in [1.165, 1.54) is 19.4 Å². The van der Waals surface area contributed by atoms with Crippen LogP contribution in [0.3, 0.4) is 0 Å². The van der Waals surface area contributed by atoms with Crippen molar-refractivity contribution in [2.45, 2.75) is 19.3 Å². The van der Waals surface area contributed by atoms with E-state index in [1.54, 1.807) is 23.5 Å². The number of hydrogen-bond donors (Lipinski definition) is 4. The Morgan fingerprint density at radius 1 is 0.774 bits per heavy atom. The van der Waals surface area contributed by atoms with Gasteiger partial charge in [0.25, 0.3) is 6.17 Å². The molecule has 0 spiro atoms. The van der Waals surface area contributed by atoms with Crippen LogP contribution < -0.4 is 9.80 Å². The van der Waals surface area contributed by atoms with Gasteiger partial charge in [0.2, 0.25) is 0 Å². The Morgan fingerprint density at radius 3 is 1.84 bits per heavy atom. The summed E-state index contributed by atoms with van der Waals surface area (Å²) in [7, 11) is 0. The van der Waals surface area contributed by atoms with Crippen LogP contribution in [-0.2, 0) is 13.1 Å². The summed E-state index contributed by atoms with van der Waals surface area (Å²) in [5.74, 6) is 0.677. The minimum Gasteiger partial charge on any atom is -0.507 e. The quantitative estimate of drug-likeness (QED) is 0.376. The second-order valence-corrected chi connectivity index (χ2v) is 9.60. The number of fused-ring (bicyclic) bond motifs is 1. The van der Waals surface area contributed by atoms with Gasteiger partial charge in [0.15, 0.2) is 0 Å². The lowest BCUT2D eigenvalue weighted by molar-refractivity contribution is -1.09. The summed E-state index contributed by atoms with van der Waals surface area (Å²) in [5, 5.41) is 22.6. The van der Waals surface area contributed by atoms with E-state index >= 15 is 0 Å². The Morgan fingerprint density at radius 2 is 1.29 bits per heavy atom. The fourth-order valence-corrected chi connectivity index (χ4v) is 6.44. The monoisotopic (exact) mass is 452 g/mol. The van der Waals surface area contributed by atoms with E-state index in [4.69, 9.17) is 11.6 Å². The molecule has 6 heteroatoms. The molecule has 0 amide bonds. The van der Waals surface area contributed by atoms with Crippen molar-refractivity contribution in [1.29, 1.82) is 0 Å². The van der Waals surface area contributed by atoms with Crippen molar-refractivity contribution in [3.63, 3.8) is 0 Å². The molecule has 4 aromatic rings. The standard InChI is InChI=1S/C25H23ClN2O2S/c26-23-19-9-3-6-12-22(19)31-24(23)25-27(15-17-7-1-4-10-20(17)29)13-14-28(25)16-18-8-2-5-11-21(18)30/h1-12,25,29-30H,13-16H2/p+2. The van der Waals surface area contributed by atoms with Crippen LogP contribution in [0.15, 0.2) is 72.8 Å². The number of aromatic hydroxyl groups is 2. The van der Waals surface area contributed by atoms with Gasteiger partial charge in [-0.1, -0.05) is 54.1 Å². The number of phenols is 2. The second-order valence-electron chi connectivity index (χ2n) is 8.14. The number of nitrogens with one attached hydrogen (secondary N) is 2. The van der Waals surface area contributed by atoms with Gasteiger partial charge >= 0.3 is 0 Å². The molecule has 0 saturated carbocycles. The third-order valence-electron chi connectivity index (χ3n) is 6.22. The minimum absolute atomic E-state index is 0.129. The Balaban J connectivity index is 1.54. The van der Waals surface area contributed by atoms with Crippen molar-refractivity contribution >= 4 is 33.0 Å². The molecule has 0 radical (unpaired) electrons. The molecular weight excluding hydrogens is 428 g/mol. The van der Waals surface area contributed by atoms with Crippen LogP contribution in [0.2, 0.25) is 5.02 Å². The number of phenolic OH excluding ortho intramolecular Hbond substituents is 2. The Labute approximate surface area is 190 Å². The molecule has 2 heterocycles. The largest absolute Gasteiger partial charge is 0.507 e. The number of thiophene rings is 1. The van der Waals surface area contributed by atoms with Crippen LogP contribution in [0.1, 0.15) is 22.2 Å². The van der Waals surface area contributed by atoms with Gasteiger partial charge < -0.3 is 10.2 Å². The lowest BCUT2D eigenvalue weighted by Crippen LogP contribution is -3.22. The fourth-order valence-electron chi connectivity index (χ4n) is 4.68. The SMILES string of the molecule is Oc1ccccc1C[NH+]1CC[NH+](Cc2ccccc2O)C1c1sc2ccccc2c1Cl. The fraction of sp³-hybridized carbons (Fsp3) is 0.200. The van der Waals surface area contributed by atoms with Gasteiger partial charge in [0, 0.05) is 21.2 Å². The van der Waals surface area contributed by atoms with Crippen molar-refractivity contribution in [2.75, 3.05) is 13.1 Å². The summed E-state index contributed by atoms with van der Waals surface area (Å²) in [6.45, 7) is 3.39. The molecule has 3 aromatic carbocycles. The van der Waals surface area contributed by atoms with E-state index in [2.05, 4.69) is 12.1 Å². The zero-order chi connectivity index (χ0) is 21.4. The van der Waals surface area contributed by atoms with Crippen LogP contribution in [0.25, 0.3) is 10.1 Å². The lowest BCUT2D eigenvalue weighted by Gasteiger charge is -2.24. The molecule has 1 aliphatic heterocycles. The average molecular weight is 453 g/mol. The van der Waals surface area contributed by atoms with Gasteiger partial charge in [0.1, 0.15) is 42.6 Å². The third kappa shape index (κ3) is 3.90. The predicted molar refractivity (Wildman–Crippen MR) is 125 cm³/mol. The van der Waals surface area contributed by atoms with Crippen molar-refractivity contribution in [3.05, 3.63) is 93.8 Å². The maximum atomic E-state index is 10.4. The number of rotatable bonds is 5. The van der Waals surface area contributed by atoms with E-state index in [0.717, 1.165) is 47.7 Å². The molecule has 1 saturated heterocycles. The topological polar surface area (TPSA) is 49.3 Å². The summed E-state index contributed by atoms with van der Waals surface area (Å²) >= 11 is 8.68. The highest BCUT2D eigenvalue weighted by Gasteiger charge is 2.44. The maximum absolute atomic E-state index is 10.4. The smallest absolute Gasteiger partial charge is 0.251 e. The molecule has 4 N–H and O–H groups in total. The molecule has 1 aromatic heterocycles. The number of halogens is 1. The summed E-state index contributed by atoms with van der Waals surface area (Å²) in [6.07, 6.45) is 0.129. The average Bonchev–Trinajstić information content (AvgIpc) is 3.32. The van der Waals surface area contributed by atoms with E-state index in [0.29, 0.717) is 11.5 Å². The summed E-state index contributed by atoms with van der Waals surface area (Å²) in [4.78, 5) is 3.93. The molecule has 5 rings (SSSR count). The first kappa shape index (κ1) is 20.3. The first-order chi connectivity index (χ1) is 15.1. The van der Waals surface area contributed by atoms with Crippen LogP contribution in [0, 0.1) is 0 Å². The van der Waals surface area contributed by atoms with E-state index in [9.17, 15) is 10.2 Å². The molecule has 1 aliphatic rings. The van der Waals surface area contributed by atoms with Crippen molar-refractivity contribution in [1.82, 2.24) is 0 Å². The van der Waals surface area contributed by atoms with Crippen molar-refractivity contribution < 1.29 is 20.0 Å². The highest BCUT2D eigenvalue weighted by atomic mass is 35.5. The number of para-hydroxylation sites is 2. The molecule has 0 bridgehead atoms. The molecule has 1 fully saturated rings. The number of hydrogen-bond acceptors (Lipinski definition) is 3. The molecule has 158 valence electrons. The van der Waals surface area contributed by atoms with Gasteiger partial charge in [-0.15, -0.1) is 11.3 Å². The minimum atomic E-state index is 0.129.